The molecule has 0 rings (SSSR count). The predicted molar refractivity (Wildman–Crippen MR) is 42.3 cm³/mol. The maximum absolute atomic E-state index is 10.7. The standard InChI is InChI=1S/C6H12O5S/c1-5(2)11-6(7)3-4-12(8,9)10/h5H,3-4H2,1-2H3,(H,8,9,10). The fourth-order valence-electron chi connectivity index (χ4n) is 0.534. The first-order chi connectivity index (χ1) is 5.31. The van der Waals surface area contributed by atoms with Gasteiger partial charge in [-0.1, -0.05) is 0 Å². The molecule has 0 bridgehead atoms. The fourth-order valence-corrected chi connectivity index (χ4v) is 0.959. The van der Waals surface area contributed by atoms with E-state index in [9.17, 15) is 13.2 Å². The summed E-state index contributed by atoms with van der Waals surface area (Å²) in [5, 5.41) is 0. The summed E-state index contributed by atoms with van der Waals surface area (Å²) in [7, 11) is -4.06. The van der Waals surface area contributed by atoms with Crippen LogP contribution in [0.1, 0.15) is 20.3 Å². The fraction of sp³-hybridized carbons (Fsp3) is 0.833. The molecule has 0 unspecified atom stereocenters. The molecular weight excluding hydrogens is 184 g/mol. The molecule has 0 aliphatic heterocycles. The summed E-state index contributed by atoms with van der Waals surface area (Å²) in [4.78, 5) is 10.7. The van der Waals surface area contributed by atoms with E-state index >= 15 is 0 Å². The second-order valence-electron chi connectivity index (χ2n) is 2.57. The van der Waals surface area contributed by atoms with Gasteiger partial charge in [-0.15, -0.1) is 0 Å². The number of hydrogen-bond donors (Lipinski definition) is 1. The Morgan fingerprint density at radius 3 is 2.33 bits per heavy atom. The number of rotatable bonds is 4. The summed E-state index contributed by atoms with van der Waals surface area (Å²) < 4.78 is 33.2. The van der Waals surface area contributed by atoms with E-state index in [2.05, 4.69) is 4.74 Å². The Hall–Kier alpha value is -0.620. The van der Waals surface area contributed by atoms with Crippen LogP contribution in [0.25, 0.3) is 0 Å². The highest BCUT2D eigenvalue weighted by molar-refractivity contribution is 7.85. The first kappa shape index (κ1) is 11.4. The quantitative estimate of drug-likeness (QED) is 0.513. The lowest BCUT2D eigenvalue weighted by Gasteiger charge is -2.06. The summed E-state index contributed by atoms with van der Waals surface area (Å²) in [6.45, 7) is 3.32. The average molecular weight is 196 g/mol. The molecule has 0 atom stereocenters. The molecule has 0 fully saturated rings. The van der Waals surface area contributed by atoms with Crippen molar-refractivity contribution < 1.29 is 22.5 Å². The lowest BCUT2D eigenvalue weighted by atomic mass is 10.4. The van der Waals surface area contributed by atoms with E-state index in [0.717, 1.165) is 0 Å². The number of hydrogen-bond acceptors (Lipinski definition) is 4. The minimum atomic E-state index is -4.06. The van der Waals surface area contributed by atoms with Gasteiger partial charge in [0.2, 0.25) is 0 Å². The van der Waals surface area contributed by atoms with Crippen molar-refractivity contribution in [2.75, 3.05) is 5.75 Å². The van der Waals surface area contributed by atoms with Gasteiger partial charge < -0.3 is 4.74 Å². The zero-order valence-electron chi connectivity index (χ0n) is 6.98. The Balaban J connectivity index is 3.73. The Morgan fingerprint density at radius 1 is 1.50 bits per heavy atom. The van der Waals surface area contributed by atoms with Gasteiger partial charge in [0.1, 0.15) is 0 Å². The molecule has 0 aromatic carbocycles. The van der Waals surface area contributed by atoms with Crippen LogP contribution >= 0.6 is 0 Å². The highest BCUT2D eigenvalue weighted by atomic mass is 32.2. The molecule has 0 heterocycles. The van der Waals surface area contributed by atoms with Crippen LogP contribution in [0.5, 0.6) is 0 Å². The number of carbonyl (C=O) groups excluding carboxylic acids is 1. The lowest BCUT2D eigenvalue weighted by Crippen LogP contribution is -2.15. The Kier molecular flexibility index (Phi) is 4.19. The molecule has 0 saturated carbocycles. The van der Waals surface area contributed by atoms with E-state index < -0.39 is 21.8 Å². The summed E-state index contributed by atoms with van der Waals surface area (Å²) in [5.41, 5.74) is 0. The Labute approximate surface area is 71.5 Å². The average Bonchev–Trinajstić information content (AvgIpc) is 1.80. The van der Waals surface area contributed by atoms with Crippen molar-refractivity contribution in [2.45, 2.75) is 26.4 Å². The SMILES string of the molecule is CC(C)OC(=O)CCS(=O)(=O)O. The van der Waals surface area contributed by atoms with Crippen molar-refractivity contribution in [2.24, 2.45) is 0 Å². The number of ether oxygens (including phenoxy) is 1. The van der Waals surface area contributed by atoms with Crippen LogP contribution in [0.2, 0.25) is 0 Å². The first-order valence-corrected chi connectivity index (χ1v) is 5.07. The normalized spacial score (nSPS) is 11.7. The maximum atomic E-state index is 10.7. The van der Waals surface area contributed by atoms with Crippen molar-refractivity contribution >= 4 is 16.1 Å². The summed E-state index contributed by atoms with van der Waals surface area (Å²) in [6.07, 6.45) is -0.573. The molecule has 0 spiro atoms. The van der Waals surface area contributed by atoms with Gasteiger partial charge in [0, 0.05) is 0 Å². The molecule has 0 saturated heterocycles. The van der Waals surface area contributed by atoms with Crippen LogP contribution < -0.4 is 0 Å². The molecule has 72 valence electrons. The van der Waals surface area contributed by atoms with Crippen LogP contribution in [-0.2, 0) is 19.6 Å². The van der Waals surface area contributed by atoms with Gasteiger partial charge in [0.15, 0.2) is 0 Å². The van der Waals surface area contributed by atoms with E-state index in [1.807, 2.05) is 0 Å². The van der Waals surface area contributed by atoms with E-state index in [0.29, 0.717) is 0 Å². The van der Waals surface area contributed by atoms with E-state index in [1.54, 1.807) is 13.8 Å². The van der Waals surface area contributed by atoms with Crippen molar-refractivity contribution in [3.8, 4) is 0 Å². The van der Waals surface area contributed by atoms with Gasteiger partial charge >= 0.3 is 5.97 Å². The summed E-state index contributed by atoms with van der Waals surface area (Å²) >= 11 is 0. The van der Waals surface area contributed by atoms with Crippen LogP contribution in [-0.4, -0.2) is 30.8 Å². The number of esters is 1. The van der Waals surface area contributed by atoms with Gasteiger partial charge in [-0.05, 0) is 13.8 Å². The minimum absolute atomic E-state index is 0.265. The minimum Gasteiger partial charge on any atom is -0.463 e. The van der Waals surface area contributed by atoms with E-state index in [-0.39, 0.29) is 12.5 Å². The highest BCUT2D eigenvalue weighted by Gasteiger charge is 2.11. The van der Waals surface area contributed by atoms with Crippen LogP contribution in [0, 0.1) is 0 Å². The Bertz CT molecular complexity index is 241. The lowest BCUT2D eigenvalue weighted by molar-refractivity contribution is -0.146. The van der Waals surface area contributed by atoms with Crippen LogP contribution in [0.15, 0.2) is 0 Å². The molecule has 12 heavy (non-hydrogen) atoms. The van der Waals surface area contributed by atoms with E-state index in [1.165, 1.54) is 0 Å². The predicted octanol–water partition coefficient (Wildman–Crippen LogP) is 0.216. The highest BCUT2D eigenvalue weighted by Crippen LogP contribution is 1.95. The zero-order chi connectivity index (χ0) is 9.78. The molecule has 5 nitrogen and oxygen atoms in total. The molecule has 1 N–H and O–H groups in total. The second-order valence-corrected chi connectivity index (χ2v) is 4.15. The largest absolute Gasteiger partial charge is 0.463 e. The topological polar surface area (TPSA) is 80.7 Å². The molecule has 0 radical (unpaired) electrons. The molecule has 0 aliphatic carbocycles. The molecule has 6 heteroatoms. The van der Waals surface area contributed by atoms with Crippen molar-refractivity contribution in [3.63, 3.8) is 0 Å². The van der Waals surface area contributed by atoms with Crippen LogP contribution in [0.3, 0.4) is 0 Å². The smallest absolute Gasteiger partial charge is 0.307 e. The zero-order valence-corrected chi connectivity index (χ0v) is 7.80. The summed E-state index contributed by atoms with van der Waals surface area (Å²) in [6, 6.07) is 0. The first-order valence-electron chi connectivity index (χ1n) is 3.46. The maximum Gasteiger partial charge on any atom is 0.307 e. The summed E-state index contributed by atoms with van der Waals surface area (Å²) in [5.74, 6) is -1.21. The van der Waals surface area contributed by atoms with Gasteiger partial charge in [-0.3, -0.25) is 9.35 Å². The molecule has 0 aromatic heterocycles. The van der Waals surface area contributed by atoms with Crippen molar-refractivity contribution in [3.05, 3.63) is 0 Å². The van der Waals surface area contributed by atoms with Crippen molar-refractivity contribution in [1.82, 2.24) is 0 Å². The molecule has 0 amide bonds. The molecule has 0 aromatic rings. The van der Waals surface area contributed by atoms with Gasteiger partial charge in [-0.25, -0.2) is 0 Å². The third-order valence-corrected chi connectivity index (χ3v) is 1.65. The number of carbonyl (C=O) groups is 1. The van der Waals surface area contributed by atoms with Crippen LogP contribution in [0.4, 0.5) is 0 Å². The van der Waals surface area contributed by atoms with Gasteiger partial charge in [0.25, 0.3) is 10.1 Å². The third kappa shape index (κ3) is 7.49. The Morgan fingerprint density at radius 2 is 2.00 bits per heavy atom. The van der Waals surface area contributed by atoms with E-state index in [4.69, 9.17) is 4.55 Å². The van der Waals surface area contributed by atoms with Crippen molar-refractivity contribution in [1.29, 1.82) is 0 Å². The second kappa shape index (κ2) is 4.42. The van der Waals surface area contributed by atoms with Gasteiger partial charge in [0.05, 0.1) is 18.3 Å². The molecule has 0 aliphatic rings. The monoisotopic (exact) mass is 196 g/mol. The van der Waals surface area contributed by atoms with Gasteiger partial charge in [-0.2, -0.15) is 8.42 Å². The third-order valence-electron chi connectivity index (χ3n) is 0.931. The molecular formula is C6H12O5S.